The maximum atomic E-state index is 2.28. The number of aromatic nitrogens is 1. The van der Waals surface area contributed by atoms with Crippen LogP contribution in [0.2, 0.25) is 0 Å². The van der Waals surface area contributed by atoms with Crippen LogP contribution in [0, 0.1) is 0 Å². The molecule has 20 heavy (non-hydrogen) atoms. The first-order valence-corrected chi connectivity index (χ1v) is 7.08. The molecule has 0 radical (unpaired) electrons. The molecule has 0 unspecified atom stereocenters. The number of nitrogens with zero attached hydrogens (tertiary/aromatic N) is 1. The van der Waals surface area contributed by atoms with E-state index in [1.807, 2.05) is 0 Å². The molecule has 0 bridgehead atoms. The Labute approximate surface area is 120 Å². The van der Waals surface area contributed by atoms with E-state index in [0.29, 0.717) is 12.0 Å². The van der Waals surface area contributed by atoms with E-state index >= 15 is 0 Å². The number of benzene rings is 2. The van der Waals surface area contributed by atoms with Gasteiger partial charge in [0.05, 0.1) is 0 Å². The van der Waals surface area contributed by atoms with Crippen LogP contribution in [0.15, 0.2) is 85.2 Å². The second-order valence-electron chi connectivity index (χ2n) is 5.17. The van der Waals surface area contributed by atoms with Gasteiger partial charge in [-0.1, -0.05) is 60.7 Å². The first kappa shape index (κ1) is 12.7. The summed E-state index contributed by atoms with van der Waals surface area (Å²) in [5.74, 6) is 0.366. The average Bonchev–Trinajstić information content (AvgIpc) is 3.04. The van der Waals surface area contributed by atoms with Gasteiger partial charge in [-0.15, -0.1) is 0 Å². The first-order chi connectivity index (χ1) is 9.86. The Kier molecular flexibility index (Phi) is 3.69. The Morgan fingerprint density at radius 3 is 1.55 bits per heavy atom. The maximum absolute atomic E-state index is 2.28. The molecular formula is C19H19N. The van der Waals surface area contributed by atoms with Gasteiger partial charge in [-0.05, 0) is 30.2 Å². The van der Waals surface area contributed by atoms with Crippen LogP contribution in [0.25, 0.3) is 0 Å². The average molecular weight is 261 g/mol. The van der Waals surface area contributed by atoms with Gasteiger partial charge < -0.3 is 4.57 Å². The van der Waals surface area contributed by atoms with E-state index in [-0.39, 0.29) is 0 Å². The van der Waals surface area contributed by atoms with E-state index in [0.717, 1.165) is 0 Å². The fourth-order valence-corrected chi connectivity index (χ4v) is 2.86. The van der Waals surface area contributed by atoms with E-state index in [1.165, 1.54) is 11.1 Å². The lowest BCUT2D eigenvalue weighted by molar-refractivity contribution is 0.491. The van der Waals surface area contributed by atoms with Gasteiger partial charge in [0, 0.05) is 24.4 Å². The second-order valence-corrected chi connectivity index (χ2v) is 5.17. The molecule has 100 valence electrons. The van der Waals surface area contributed by atoms with Crippen LogP contribution in [0.5, 0.6) is 0 Å². The van der Waals surface area contributed by atoms with Crippen LogP contribution in [-0.4, -0.2) is 4.57 Å². The molecule has 1 atom stereocenters. The van der Waals surface area contributed by atoms with E-state index in [1.54, 1.807) is 0 Å². The molecule has 1 nitrogen and oxygen atoms in total. The zero-order chi connectivity index (χ0) is 13.8. The smallest absolute Gasteiger partial charge is 0.0411 e. The van der Waals surface area contributed by atoms with Crippen molar-refractivity contribution in [2.75, 3.05) is 0 Å². The van der Waals surface area contributed by atoms with Crippen LogP contribution in [0.1, 0.15) is 30.0 Å². The van der Waals surface area contributed by atoms with Gasteiger partial charge in [0.15, 0.2) is 0 Å². The predicted molar refractivity (Wildman–Crippen MR) is 83.9 cm³/mol. The van der Waals surface area contributed by atoms with Gasteiger partial charge in [-0.2, -0.15) is 0 Å². The van der Waals surface area contributed by atoms with Crippen molar-refractivity contribution < 1.29 is 0 Å². The fourth-order valence-electron chi connectivity index (χ4n) is 2.86. The van der Waals surface area contributed by atoms with Gasteiger partial charge in [0.25, 0.3) is 0 Å². The van der Waals surface area contributed by atoms with E-state index < -0.39 is 0 Å². The zero-order valence-electron chi connectivity index (χ0n) is 11.7. The van der Waals surface area contributed by atoms with Gasteiger partial charge in [-0.3, -0.25) is 0 Å². The molecule has 0 aliphatic carbocycles. The van der Waals surface area contributed by atoms with Gasteiger partial charge in [0.1, 0.15) is 0 Å². The third-order valence-electron chi connectivity index (χ3n) is 3.90. The minimum Gasteiger partial charge on any atom is -0.351 e. The molecule has 0 N–H and O–H groups in total. The Morgan fingerprint density at radius 1 is 0.650 bits per heavy atom. The predicted octanol–water partition coefficient (Wildman–Crippen LogP) is 4.88. The summed E-state index contributed by atoms with van der Waals surface area (Å²) < 4.78 is 2.28. The minimum absolute atomic E-state index is 0.366. The van der Waals surface area contributed by atoms with Crippen LogP contribution in [0.4, 0.5) is 0 Å². The van der Waals surface area contributed by atoms with Crippen molar-refractivity contribution in [3.8, 4) is 0 Å². The lowest BCUT2D eigenvalue weighted by Crippen LogP contribution is -2.15. The van der Waals surface area contributed by atoms with Crippen molar-refractivity contribution in [2.24, 2.45) is 0 Å². The third kappa shape index (κ3) is 2.53. The summed E-state index contributed by atoms with van der Waals surface area (Å²) in [5.41, 5.74) is 2.72. The summed E-state index contributed by atoms with van der Waals surface area (Å²) in [6.45, 7) is 2.28. The monoisotopic (exact) mass is 261 g/mol. The highest BCUT2D eigenvalue weighted by Gasteiger charge is 2.21. The molecule has 0 amide bonds. The number of hydrogen-bond acceptors (Lipinski definition) is 0. The Bertz CT molecular complexity index is 587. The van der Waals surface area contributed by atoms with Crippen LogP contribution >= 0.6 is 0 Å². The third-order valence-corrected chi connectivity index (χ3v) is 3.90. The molecule has 2 aromatic carbocycles. The molecule has 1 heterocycles. The molecule has 3 aromatic rings. The van der Waals surface area contributed by atoms with E-state index in [2.05, 4.69) is 96.7 Å². The van der Waals surface area contributed by atoms with Crippen molar-refractivity contribution in [2.45, 2.75) is 18.9 Å². The van der Waals surface area contributed by atoms with Crippen LogP contribution in [-0.2, 0) is 0 Å². The Hall–Kier alpha value is -2.28. The lowest BCUT2D eigenvalue weighted by Gasteiger charge is -2.26. The SMILES string of the molecule is C[C@H](C(c1ccccc1)c1ccccc1)n1cccc1. The normalized spacial score (nSPS) is 12.5. The molecule has 0 aliphatic heterocycles. The topological polar surface area (TPSA) is 4.93 Å². The van der Waals surface area contributed by atoms with E-state index in [9.17, 15) is 0 Å². The molecule has 0 spiro atoms. The number of rotatable bonds is 4. The molecule has 1 heteroatoms. The van der Waals surface area contributed by atoms with Crippen LogP contribution < -0.4 is 0 Å². The summed E-state index contributed by atoms with van der Waals surface area (Å²) >= 11 is 0. The highest BCUT2D eigenvalue weighted by Crippen LogP contribution is 2.34. The zero-order valence-corrected chi connectivity index (χ0v) is 11.7. The van der Waals surface area contributed by atoms with Gasteiger partial charge >= 0.3 is 0 Å². The molecule has 0 aliphatic rings. The molecule has 0 saturated heterocycles. The summed E-state index contributed by atoms with van der Waals surface area (Å²) in [6, 6.07) is 26.1. The highest BCUT2D eigenvalue weighted by molar-refractivity contribution is 5.33. The summed E-state index contributed by atoms with van der Waals surface area (Å²) in [4.78, 5) is 0. The lowest BCUT2D eigenvalue weighted by atomic mass is 9.86. The Morgan fingerprint density at radius 2 is 1.10 bits per heavy atom. The van der Waals surface area contributed by atoms with Crippen molar-refractivity contribution in [1.29, 1.82) is 0 Å². The van der Waals surface area contributed by atoms with Crippen molar-refractivity contribution in [3.63, 3.8) is 0 Å². The second kappa shape index (κ2) is 5.79. The highest BCUT2D eigenvalue weighted by atomic mass is 15.0. The number of hydrogen-bond donors (Lipinski definition) is 0. The van der Waals surface area contributed by atoms with Gasteiger partial charge in [-0.25, -0.2) is 0 Å². The molecular weight excluding hydrogens is 242 g/mol. The molecule has 1 aromatic heterocycles. The quantitative estimate of drug-likeness (QED) is 0.630. The molecule has 0 fully saturated rings. The van der Waals surface area contributed by atoms with Crippen LogP contribution in [0.3, 0.4) is 0 Å². The standard InChI is InChI=1S/C19H19N/c1-16(20-14-8-9-15-20)19(17-10-4-2-5-11-17)18-12-6-3-7-13-18/h2-16,19H,1H3/t16-/m1/s1. The van der Waals surface area contributed by atoms with Gasteiger partial charge in [0.2, 0.25) is 0 Å². The first-order valence-electron chi connectivity index (χ1n) is 7.08. The summed E-state index contributed by atoms with van der Waals surface area (Å²) in [6.07, 6.45) is 4.28. The maximum Gasteiger partial charge on any atom is 0.0411 e. The van der Waals surface area contributed by atoms with Crippen molar-refractivity contribution in [3.05, 3.63) is 96.3 Å². The molecule has 3 rings (SSSR count). The largest absolute Gasteiger partial charge is 0.351 e. The minimum atomic E-state index is 0.366. The van der Waals surface area contributed by atoms with Crippen molar-refractivity contribution in [1.82, 2.24) is 4.57 Å². The summed E-state index contributed by atoms with van der Waals surface area (Å²) in [7, 11) is 0. The molecule has 0 saturated carbocycles. The fraction of sp³-hybridized carbons (Fsp3) is 0.158. The Balaban J connectivity index is 2.05. The summed E-state index contributed by atoms with van der Waals surface area (Å²) in [5, 5.41) is 0. The van der Waals surface area contributed by atoms with E-state index in [4.69, 9.17) is 0 Å². The van der Waals surface area contributed by atoms with Crippen molar-refractivity contribution >= 4 is 0 Å².